The molecule has 0 saturated heterocycles. The SMILES string of the molecule is c1ccc(-c2nc(-c3ccccc3)nc(-c3ccc(-c4cccc5c4-c4ccc(-c6nc(-c7ccccc7)nc(-c7ccccc7)n6)cc4C54C5CC6CC(C5)CC4C6)nc3)n2)cc1. The summed E-state index contributed by atoms with van der Waals surface area (Å²) in [5.74, 6) is 6.75. The number of hydrogen-bond donors (Lipinski definition) is 0. The Balaban J connectivity index is 0.950. The average molecular weight is 826 g/mol. The van der Waals surface area contributed by atoms with Crippen molar-refractivity contribution in [3.63, 3.8) is 0 Å². The minimum absolute atomic E-state index is 0.0752. The summed E-state index contributed by atoms with van der Waals surface area (Å²) in [7, 11) is 0. The highest BCUT2D eigenvalue weighted by molar-refractivity contribution is 5.93. The Morgan fingerprint density at radius 1 is 0.344 bits per heavy atom. The third-order valence-electron chi connectivity index (χ3n) is 14.6. The fourth-order valence-electron chi connectivity index (χ4n) is 12.2. The number of benzene rings is 6. The second-order valence-corrected chi connectivity index (χ2v) is 18.2. The van der Waals surface area contributed by atoms with Gasteiger partial charge in [-0.05, 0) is 96.2 Å². The van der Waals surface area contributed by atoms with Gasteiger partial charge >= 0.3 is 0 Å². The first-order valence-electron chi connectivity index (χ1n) is 22.6. The summed E-state index contributed by atoms with van der Waals surface area (Å²) < 4.78 is 0. The van der Waals surface area contributed by atoms with Crippen molar-refractivity contribution in [2.75, 3.05) is 0 Å². The zero-order valence-corrected chi connectivity index (χ0v) is 35.2. The molecule has 64 heavy (non-hydrogen) atoms. The molecular formula is C57H43N7. The van der Waals surface area contributed by atoms with Crippen LogP contribution in [0.5, 0.6) is 0 Å². The maximum atomic E-state index is 5.22. The highest BCUT2D eigenvalue weighted by Gasteiger charge is 2.62. The Morgan fingerprint density at radius 3 is 1.23 bits per heavy atom. The molecule has 0 atom stereocenters. The zero-order chi connectivity index (χ0) is 42.2. The van der Waals surface area contributed by atoms with Gasteiger partial charge in [-0.25, -0.2) is 29.9 Å². The summed E-state index contributed by atoms with van der Waals surface area (Å²) in [4.78, 5) is 35.5. The summed E-state index contributed by atoms with van der Waals surface area (Å²) in [6, 6.07) is 59.1. The van der Waals surface area contributed by atoms with Crippen molar-refractivity contribution in [3.05, 3.63) is 187 Å². The van der Waals surface area contributed by atoms with Gasteiger partial charge in [-0.1, -0.05) is 152 Å². The highest BCUT2D eigenvalue weighted by Crippen LogP contribution is 2.70. The van der Waals surface area contributed by atoms with Crippen LogP contribution in [0.3, 0.4) is 0 Å². The van der Waals surface area contributed by atoms with Crippen molar-refractivity contribution < 1.29 is 0 Å². The van der Waals surface area contributed by atoms with Gasteiger partial charge in [0, 0.05) is 50.6 Å². The van der Waals surface area contributed by atoms with E-state index >= 15 is 0 Å². The van der Waals surface area contributed by atoms with E-state index in [1.807, 2.05) is 103 Å². The quantitative estimate of drug-likeness (QED) is 0.158. The molecule has 4 fully saturated rings. The molecule has 306 valence electrons. The molecule has 9 aromatic rings. The molecule has 3 heterocycles. The summed E-state index contributed by atoms with van der Waals surface area (Å²) in [5, 5.41) is 0. The zero-order valence-electron chi connectivity index (χ0n) is 35.2. The Labute approximate surface area is 372 Å². The van der Waals surface area contributed by atoms with Gasteiger partial charge in [-0.2, -0.15) is 0 Å². The van der Waals surface area contributed by atoms with Gasteiger partial charge < -0.3 is 0 Å². The monoisotopic (exact) mass is 825 g/mol. The summed E-state index contributed by atoms with van der Waals surface area (Å²) in [6.45, 7) is 0. The molecule has 4 saturated carbocycles. The summed E-state index contributed by atoms with van der Waals surface area (Å²) in [6.07, 6.45) is 8.49. The van der Waals surface area contributed by atoms with E-state index in [-0.39, 0.29) is 5.41 Å². The van der Waals surface area contributed by atoms with Gasteiger partial charge in [0.15, 0.2) is 34.9 Å². The molecule has 3 aromatic heterocycles. The Kier molecular flexibility index (Phi) is 8.58. The fourth-order valence-corrected chi connectivity index (χ4v) is 12.2. The van der Waals surface area contributed by atoms with Crippen molar-refractivity contribution in [3.8, 4) is 90.7 Å². The van der Waals surface area contributed by atoms with Gasteiger partial charge in [0.1, 0.15) is 0 Å². The van der Waals surface area contributed by atoms with Crippen LogP contribution in [0.2, 0.25) is 0 Å². The molecular weight excluding hydrogens is 783 g/mol. The molecule has 5 aliphatic carbocycles. The third-order valence-corrected chi connectivity index (χ3v) is 14.6. The van der Waals surface area contributed by atoms with E-state index in [4.69, 9.17) is 34.9 Å². The molecule has 1 spiro atoms. The Morgan fingerprint density at radius 2 is 0.781 bits per heavy atom. The van der Waals surface area contributed by atoms with E-state index in [1.165, 1.54) is 54.4 Å². The van der Waals surface area contributed by atoms with Crippen molar-refractivity contribution >= 4 is 0 Å². The lowest BCUT2D eigenvalue weighted by molar-refractivity contribution is -0.0399. The molecule has 5 aliphatic rings. The third kappa shape index (κ3) is 5.98. The van der Waals surface area contributed by atoms with Gasteiger partial charge in [0.2, 0.25) is 0 Å². The second kappa shape index (κ2) is 14.8. The molecule has 0 radical (unpaired) electrons. The number of aromatic nitrogens is 7. The molecule has 7 heteroatoms. The lowest BCUT2D eigenvalue weighted by Crippen LogP contribution is -2.55. The molecule has 7 nitrogen and oxygen atoms in total. The normalized spacial score (nSPS) is 21.2. The molecule has 0 amide bonds. The number of rotatable bonds is 7. The number of fused-ring (bicyclic) bond motifs is 3. The van der Waals surface area contributed by atoms with E-state index in [0.717, 1.165) is 56.5 Å². The van der Waals surface area contributed by atoms with Crippen molar-refractivity contribution in [2.24, 2.45) is 23.7 Å². The minimum atomic E-state index is -0.0752. The topological polar surface area (TPSA) is 90.2 Å². The molecule has 0 unspecified atom stereocenters. The molecule has 6 aromatic carbocycles. The lowest BCUT2D eigenvalue weighted by atomic mass is 9.43. The fraction of sp³-hybridized carbons (Fsp3) is 0.175. The first-order chi connectivity index (χ1) is 31.7. The molecule has 0 N–H and O–H groups in total. The van der Waals surface area contributed by atoms with Crippen molar-refractivity contribution in [1.29, 1.82) is 0 Å². The van der Waals surface area contributed by atoms with Crippen LogP contribution < -0.4 is 0 Å². The highest BCUT2D eigenvalue weighted by atomic mass is 15.0. The molecule has 14 rings (SSSR count). The van der Waals surface area contributed by atoms with E-state index in [2.05, 4.69) is 72.8 Å². The van der Waals surface area contributed by atoms with Crippen molar-refractivity contribution in [1.82, 2.24) is 34.9 Å². The predicted octanol–water partition coefficient (Wildman–Crippen LogP) is 12.8. The van der Waals surface area contributed by atoms with Crippen LogP contribution >= 0.6 is 0 Å². The second-order valence-electron chi connectivity index (χ2n) is 18.2. The van der Waals surface area contributed by atoms with Crippen LogP contribution in [0.1, 0.15) is 43.2 Å². The standard InChI is InChI=1S/C57H43N7/c1-5-14-37(15-6-1)51-59-52(38-16-7-2-8-17-38)62-55(61-51)41-24-26-45-48(33-41)57(43-29-35-28-36(31-43)32-44(57)30-35)47-23-13-22-46(50(45)47)49-27-25-42(34-58-49)56-63-53(39-18-9-3-10-19-39)60-54(64-56)40-20-11-4-12-21-40/h1-27,33-36,43-44H,28-32H2. The number of nitrogens with zero attached hydrogens (tertiary/aromatic N) is 7. The number of pyridine rings is 1. The van der Waals surface area contributed by atoms with E-state index in [1.54, 1.807) is 0 Å². The van der Waals surface area contributed by atoms with Crippen molar-refractivity contribution in [2.45, 2.75) is 37.5 Å². The van der Waals surface area contributed by atoms with E-state index < -0.39 is 0 Å². The van der Waals surface area contributed by atoms with Gasteiger partial charge in [-0.3, -0.25) is 4.98 Å². The van der Waals surface area contributed by atoms with Crippen LogP contribution in [0.25, 0.3) is 90.7 Å². The van der Waals surface area contributed by atoms with Crippen LogP contribution in [0.15, 0.2) is 176 Å². The smallest absolute Gasteiger partial charge is 0.165 e. The van der Waals surface area contributed by atoms with E-state index in [0.29, 0.717) is 46.8 Å². The van der Waals surface area contributed by atoms with Gasteiger partial charge in [0.05, 0.1) is 5.69 Å². The number of hydrogen-bond acceptors (Lipinski definition) is 7. The van der Waals surface area contributed by atoms with Crippen LogP contribution in [0, 0.1) is 23.7 Å². The largest absolute Gasteiger partial charge is 0.255 e. The lowest BCUT2D eigenvalue weighted by Gasteiger charge is -2.61. The minimum Gasteiger partial charge on any atom is -0.255 e. The summed E-state index contributed by atoms with van der Waals surface area (Å²) >= 11 is 0. The first kappa shape index (κ1) is 37.1. The maximum Gasteiger partial charge on any atom is 0.165 e. The van der Waals surface area contributed by atoms with Gasteiger partial charge in [0.25, 0.3) is 0 Å². The first-order valence-corrected chi connectivity index (χ1v) is 22.6. The predicted molar refractivity (Wildman–Crippen MR) is 252 cm³/mol. The molecule has 0 aliphatic heterocycles. The van der Waals surface area contributed by atoms with E-state index in [9.17, 15) is 0 Å². The van der Waals surface area contributed by atoms with Crippen LogP contribution in [0.4, 0.5) is 0 Å². The summed E-state index contributed by atoms with van der Waals surface area (Å²) in [5.41, 5.74) is 13.3. The Hall–Kier alpha value is -7.51. The average Bonchev–Trinajstić information content (AvgIpc) is 3.66. The van der Waals surface area contributed by atoms with Crippen LogP contribution in [-0.2, 0) is 5.41 Å². The molecule has 4 bridgehead atoms. The maximum absolute atomic E-state index is 5.22. The van der Waals surface area contributed by atoms with Crippen LogP contribution in [-0.4, -0.2) is 34.9 Å². The van der Waals surface area contributed by atoms with Gasteiger partial charge in [-0.15, -0.1) is 0 Å². The Bertz CT molecular complexity index is 3070.